The Balaban J connectivity index is 1.35. The van der Waals surface area contributed by atoms with Crippen molar-refractivity contribution in [3.8, 4) is 22.4 Å². The topological polar surface area (TPSA) is 75.5 Å². The molecule has 2 N–H and O–H groups in total. The van der Waals surface area contributed by atoms with Gasteiger partial charge in [0.1, 0.15) is 22.9 Å². The first-order valence-electron chi connectivity index (χ1n) is 12.5. The van der Waals surface area contributed by atoms with Gasteiger partial charge in [0.2, 0.25) is 0 Å². The van der Waals surface area contributed by atoms with Crippen LogP contribution in [0.5, 0.6) is 0 Å². The maximum atomic E-state index is 13.5. The van der Waals surface area contributed by atoms with Crippen LogP contribution < -0.4 is 10.6 Å². The van der Waals surface area contributed by atoms with Crippen LogP contribution in [0.4, 0.5) is 4.39 Å². The fraction of sp³-hybridized carbons (Fsp3) is 0.129. The molecule has 0 bridgehead atoms. The number of hydrogen-bond donors (Lipinski definition) is 2. The van der Waals surface area contributed by atoms with E-state index in [9.17, 15) is 14.0 Å². The molecule has 2 amide bonds. The van der Waals surface area contributed by atoms with Crippen LogP contribution in [-0.4, -0.2) is 28.2 Å². The first-order valence-corrected chi connectivity index (χ1v) is 12.5. The number of carbonyl (C=O) groups is 2. The molecule has 1 aliphatic rings. The Bertz CT molecular complexity index is 1670. The van der Waals surface area contributed by atoms with Crippen LogP contribution in [0.15, 0.2) is 97.2 Å². The van der Waals surface area contributed by atoms with E-state index in [-0.39, 0.29) is 23.2 Å². The van der Waals surface area contributed by atoms with Crippen molar-refractivity contribution in [2.24, 2.45) is 0 Å². The van der Waals surface area contributed by atoms with Gasteiger partial charge < -0.3 is 10.6 Å². The number of amides is 2. The van der Waals surface area contributed by atoms with Crippen LogP contribution >= 0.6 is 0 Å². The SMILES string of the molecule is CNC(=O)c1c(-c2ccc(F)cc2)nc2ccc(-c3cccc(C(=O)NC4(c5ccccc5)CC4)c3)cn12. The predicted octanol–water partition coefficient (Wildman–Crippen LogP) is 5.59. The zero-order valence-electron chi connectivity index (χ0n) is 20.7. The van der Waals surface area contributed by atoms with Gasteiger partial charge in [0.25, 0.3) is 11.8 Å². The van der Waals surface area contributed by atoms with Crippen molar-refractivity contribution in [2.45, 2.75) is 18.4 Å². The number of halogens is 1. The molecule has 0 spiro atoms. The molecule has 1 saturated carbocycles. The highest BCUT2D eigenvalue weighted by Gasteiger charge is 2.45. The molecular weight excluding hydrogens is 479 g/mol. The van der Waals surface area contributed by atoms with E-state index < -0.39 is 0 Å². The third-order valence-corrected chi connectivity index (χ3v) is 7.07. The summed E-state index contributed by atoms with van der Waals surface area (Å²) in [7, 11) is 1.56. The number of carbonyl (C=O) groups excluding carboxylic acids is 2. The van der Waals surface area contributed by atoms with E-state index in [0.29, 0.717) is 28.2 Å². The Morgan fingerprint density at radius 3 is 2.29 bits per heavy atom. The molecule has 7 heteroatoms. The van der Waals surface area contributed by atoms with Crippen molar-refractivity contribution in [3.63, 3.8) is 0 Å². The van der Waals surface area contributed by atoms with E-state index in [4.69, 9.17) is 0 Å². The van der Waals surface area contributed by atoms with Crippen molar-refractivity contribution in [1.82, 2.24) is 20.0 Å². The summed E-state index contributed by atoms with van der Waals surface area (Å²) in [5.74, 6) is -0.791. The van der Waals surface area contributed by atoms with Crippen molar-refractivity contribution in [2.75, 3.05) is 7.05 Å². The van der Waals surface area contributed by atoms with E-state index in [1.165, 1.54) is 12.1 Å². The normalized spacial score (nSPS) is 13.7. The molecule has 6 nitrogen and oxygen atoms in total. The summed E-state index contributed by atoms with van der Waals surface area (Å²) < 4.78 is 15.2. The Labute approximate surface area is 219 Å². The number of nitrogens with one attached hydrogen (secondary N) is 2. The average Bonchev–Trinajstić information content (AvgIpc) is 3.64. The van der Waals surface area contributed by atoms with Gasteiger partial charge in [0.05, 0.1) is 5.54 Å². The largest absolute Gasteiger partial charge is 0.354 e. The number of fused-ring (bicyclic) bond motifs is 1. The third kappa shape index (κ3) is 4.22. The molecule has 1 aliphatic carbocycles. The van der Waals surface area contributed by atoms with Gasteiger partial charge in [-0.1, -0.05) is 42.5 Å². The molecule has 188 valence electrons. The number of benzene rings is 3. The first-order chi connectivity index (χ1) is 18.5. The maximum absolute atomic E-state index is 13.5. The highest BCUT2D eigenvalue weighted by atomic mass is 19.1. The van der Waals surface area contributed by atoms with E-state index in [0.717, 1.165) is 29.5 Å². The van der Waals surface area contributed by atoms with Gasteiger partial charge in [-0.05, 0) is 78.1 Å². The van der Waals surface area contributed by atoms with Gasteiger partial charge in [0.15, 0.2) is 0 Å². The number of aromatic nitrogens is 2. The highest BCUT2D eigenvalue weighted by molar-refractivity contribution is 6.00. The van der Waals surface area contributed by atoms with Crippen molar-refractivity contribution in [3.05, 3.63) is 120 Å². The molecule has 0 aliphatic heterocycles. The van der Waals surface area contributed by atoms with Gasteiger partial charge in [0, 0.05) is 24.4 Å². The number of pyridine rings is 1. The van der Waals surface area contributed by atoms with Crippen LogP contribution in [0.3, 0.4) is 0 Å². The minimum atomic E-state index is -0.360. The first kappa shape index (κ1) is 23.6. The number of imidazole rings is 1. The quantitative estimate of drug-likeness (QED) is 0.317. The second kappa shape index (κ2) is 9.27. The fourth-order valence-corrected chi connectivity index (χ4v) is 4.86. The molecule has 0 saturated heterocycles. The van der Waals surface area contributed by atoms with Crippen LogP contribution in [0.1, 0.15) is 39.3 Å². The number of nitrogens with zero attached hydrogens (tertiary/aromatic N) is 2. The molecule has 6 rings (SSSR count). The van der Waals surface area contributed by atoms with Gasteiger partial charge >= 0.3 is 0 Å². The smallest absolute Gasteiger partial charge is 0.270 e. The monoisotopic (exact) mass is 504 g/mol. The molecule has 2 aromatic heterocycles. The van der Waals surface area contributed by atoms with Crippen molar-refractivity contribution >= 4 is 17.5 Å². The summed E-state index contributed by atoms with van der Waals surface area (Å²) in [6.07, 6.45) is 3.67. The summed E-state index contributed by atoms with van der Waals surface area (Å²) in [6.45, 7) is 0. The fourth-order valence-electron chi connectivity index (χ4n) is 4.86. The van der Waals surface area contributed by atoms with E-state index in [2.05, 4.69) is 15.6 Å². The predicted molar refractivity (Wildman–Crippen MR) is 144 cm³/mol. The lowest BCUT2D eigenvalue weighted by Gasteiger charge is -2.18. The van der Waals surface area contributed by atoms with E-state index in [1.54, 1.807) is 29.6 Å². The zero-order valence-corrected chi connectivity index (χ0v) is 20.7. The minimum absolute atomic E-state index is 0.124. The molecule has 0 radical (unpaired) electrons. The van der Waals surface area contributed by atoms with Crippen molar-refractivity contribution < 1.29 is 14.0 Å². The van der Waals surface area contributed by atoms with Crippen LogP contribution in [0, 0.1) is 5.82 Å². The molecule has 3 aromatic carbocycles. The molecule has 0 atom stereocenters. The standard InChI is InChI=1S/C31H25FN4O2/c1-33-30(38)28-27(20-10-13-25(32)14-11-20)34-26-15-12-23(19-36(26)28)21-6-5-7-22(18-21)29(37)35-31(16-17-31)24-8-3-2-4-9-24/h2-15,18-19H,16-17H2,1H3,(H,33,38)(H,35,37). The molecular formula is C31H25FN4O2. The summed E-state index contributed by atoms with van der Waals surface area (Å²) in [4.78, 5) is 30.8. The van der Waals surface area contributed by atoms with Gasteiger partial charge in [-0.3, -0.25) is 14.0 Å². The lowest BCUT2D eigenvalue weighted by molar-refractivity contribution is 0.0928. The Morgan fingerprint density at radius 2 is 1.58 bits per heavy atom. The van der Waals surface area contributed by atoms with Crippen molar-refractivity contribution in [1.29, 1.82) is 0 Å². The highest BCUT2D eigenvalue weighted by Crippen LogP contribution is 2.45. The zero-order chi connectivity index (χ0) is 26.3. The summed E-state index contributed by atoms with van der Waals surface area (Å²) in [5, 5.41) is 5.91. The molecule has 5 aromatic rings. The maximum Gasteiger partial charge on any atom is 0.270 e. The van der Waals surface area contributed by atoms with E-state index >= 15 is 0 Å². The lowest BCUT2D eigenvalue weighted by Crippen LogP contribution is -2.34. The van der Waals surface area contributed by atoms with Crippen LogP contribution in [-0.2, 0) is 5.54 Å². The second-order valence-corrected chi connectivity index (χ2v) is 9.52. The Kier molecular flexibility index (Phi) is 5.76. The van der Waals surface area contributed by atoms with Gasteiger partial charge in [-0.25, -0.2) is 9.37 Å². The van der Waals surface area contributed by atoms with Crippen LogP contribution in [0.2, 0.25) is 0 Å². The Morgan fingerprint density at radius 1 is 0.842 bits per heavy atom. The average molecular weight is 505 g/mol. The molecule has 1 fully saturated rings. The summed E-state index contributed by atoms with van der Waals surface area (Å²) in [6, 6.07) is 27.1. The summed E-state index contributed by atoms with van der Waals surface area (Å²) >= 11 is 0. The third-order valence-electron chi connectivity index (χ3n) is 7.07. The summed E-state index contributed by atoms with van der Waals surface area (Å²) in [5.41, 5.74) is 5.08. The lowest BCUT2D eigenvalue weighted by atomic mass is 10.0. The van der Waals surface area contributed by atoms with Crippen LogP contribution in [0.25, 0.3) is 28.0 Å². The van der Waals surface area contributed by atoms with E-state index in [1.807, 2.05) is 66.9 Å². The second-order valence-electron chi connectivity index (χ2n) is 9.52. The minimum Gasteiger partial charge on any atom is -0.354 e. The number of rotatable bonds is 6. The Hall–Kier alpha value is -4.78. The number of hydrogen-bond acceptors (Lipinski definition) is 3. The molecule has 0 unspecified atom stereocenters. The molecule has 2 heterocycles. The van der Waals surface area contributed by atoms with Gasteiger partial charge in [-0.15, -0.1) is 0 Å². The molecule has 38 heavy (non-hydrogen) atoms. The van der Waals surface area contributed by atoms with Gasteiger partial charge in [-0.2, -0.15) is 0 Å².